The molecule has 1 aliphatic heterocycles. The predicted octanol–water partition coefficient (Wildman–Crippen LogP) is -4.14. The first-order chi connectivity index (χ1) is 13.6. The monoisotopic (exact) mass is 413 g/mol. The fraction of sp³-hybridized carbons (Fsp3) is 0.500. The van der Waals surface area contributed by atoms with Gasteiger partial charge in [-0.15, -0.1) is 0 Å². The number of nitrogens with zero attached hydrogens (tertiary/aromatic N) is 1. The van der Waals surface area contributed by atoms with Gasteiger partial charge in [-0.25, -0.2) is 0 Å². The van der Waals surface area contributed by atoms with Crippen molar-refractivity contribution in [3.63, 3.8) is 0 Å². The van der Waals surface area contributed by atoms with Crippen LogP contribution in [-0.4, -0.2) is 84.0 Å². The number of rotatable bonds is 12. The third kappa shape index (κ3) is 8.49. The van der Waals surface area contributed by atoms with Crippen LogP contribution in [0.3, 0.4) is 0 Å². The molecule has 0 spiro atoms. The van der Waals surface area contributed by atoms with Crippen LogP contribution >= 0.6 is 0 Å². The maximum Gasteiger partial charge on any atom is 0.254 e. The van der Waals surface area contributed by atoms with Crippen molar-refractivity contribution in [2.45, 2.75) is 25.5 Å². The van der Waals surface area contributed by atoms with Gasteiger partial charge in [0, 0.05) is 18.6 Å². The summed E-state index contributed by atoms with van der Waals surface area (Å²) in [5.41, 5.74) is 4.86. The van der Waals surface area contributed by atoms with E-state index in [9.17, 15) is 28.8 Å². The number of hydrogen-bond donors (Lipinski definition) is 5. The average Bonchev–Trinajstić information content (AvgIpc) is 2.97. The molecule has 0 aromatic rings. The van der Waals surface area contributed by atoms with Crippen LogP contribution in [0.1, 0.15) is 13.3 Å². The van der Waals surface area contributed by atoms with Crippen molar-refractivity contribution >= 4 is 35.4 Å². The minimum absolute atomic E-state index is 0.0165. The Morgan fingerprint density at radius 2 is 1.76 bits per heavy atom. The fourth-order valence-corrected chi connectivity index (χ4v) is 2.01. The number of aliphatic hydroxyl groups excluding tert-OH is 1. The van der Waals surface area contributed by atoms with E-state index in [-0.39, 0.29) is 26.3 Å². The van der Waals surface area contributed by atoms with E-state index in [4.69, 9.17) is 15.6 Å². The Labute approximate surface area is 165 Å². The minimum atomic E-state index is -1.33. The molecule has 0 saturated heterocycles. The molecule has 0 saturated carbocycles. The van der Waals surface area contributed by atoms with Gasteiger partial charge in [0.1, 0.15) is 25.4 Å². The molecule has 0 fully saturated rings. The molecule has 29 heavy (non-hydrogen) atoms. The molecule has 1 heterocycles. The molecule has 1 aliphatic rings. The highest BCUT2D eigenvalue weighted by molar-refractivity contribution is 6.14. The number of nitrogens with two attached hydrogens (primary N) is 1. The summed E-state index contributed by atoms with van der Waals surface area (Å²) in [5, 5.41) is 16.1. The summed E-state index contributed by atoms with van der Waals surface area (Å²) in [6, 6.07) is -1.01. The van der Waals surface area contributed by atoms with Gasteiger partial charge in [0.15, 0.2) is 0 Å². The van der Waals surface area contributed by atoms with Crippen molar-refractivity contribution in [3.8, 4) is 0 Å². The van der Waals surface area contributed by atoms with Crippen LogP contribution < -0.4 is 21.7 Å². The molecule has 13 nitrogen and oxygen atoms in total. The molecule has 0 bridgehead atoms. The highest BCUT2D eigenvalue weighted by Gasteiger charge is 2.26. The van der Waals surface area contributed by atoms with Gasteiger partial charge in [0.25, 0.3) is 11.8 Å². The average molecular weight is 413 g/mol. The Kier molecular flexibility index (Phi) is 9.41. The third-order valence-electron chi connectivity index (χ3n) is 3.63. The van der Waals surface area contributed by atoms with Crippen LogP contribution in [0.2, 0.25) is 0 Å². The van der Waals surface area contributed by atoms with Crippen molar-refractivity contribution in [2.75, 3.05) is 26.4 Å². The van der Waals surface area contributed by atoms with E-state index in [1.165, 1.54) is 6.92 Å². The van der Waals surface area contributed by atoms with Crippen molar-refractivity contribution in [1.82, 2.24) is 20.9 Å². The zero-order valence-corrected chi connectivity index (χ0v) is 15.7. The molecule has 6 N–H and O–H groups in total. The number of nitrogens with one attached hydrogen (secondary N) is 3. The normalized spacial score (nSPS) is 15.0. The molecule has 1 rings (SSSR count). The molecule has 0 aromatic carbocycles. The molecule has 2 atom stereocenters. The highest BCUT2D eigenvalue weighted by atomic mass is 16.5. The zero-order valence-electron chi connectivity index (χ0n) is 15.7. The first-order valence-corrected chi connectivity index (χ1v) is 8.54. The Bertz CT molecular complexity index is 689. The molecular weight excluding hydrogens is 390 g/mol. The molecule has 160 valence electrons. The fourth-order valence-electron chi connectivity index (χ4n) is 2.01. The molecule has 2 unspecified atom stereocenters. The van der Waals surface area contributed by atoms with Crippen LogP contribution in [0, 0.1) is 0 Å². The van der Waals surface area contributed by atoms with Crippen molar-refractivity contribution in [2.24, 2.45) is 5.73 Å². The molecule has 0 radical (unpaired) electrons. The minimum Gasteiger partial charge on any atom is -0.383 e. The smallest absolute Gasteiger partial charge is 0.254 e. The van der Waals surface area contributed by atoms with E-state index >= 15 is 0 Å². The molecular formula is C16H23N5O8. The highest BCUT2D eigenvalue weighted by Crippen LogP contribution is 2.02. The lowest BCUT2D eigenvalue weighted by Crippen LogP contribution is -2.50. The zero-order chi connectivity index (χ0) is 22.0. The summed E-state index contributed by atoms with van der Waals surface area (Å²) in [5.74, 6) is -4.07. The van der Waals surface area contributed by atoms with Crippen LogP contribution in [-0.2, 0) is 33.5 Å². The van der Waals surface area contributed by atoms with Gasteiger partial charge in [-0.1, -0.05) is 0 Å². The summed E-state index contributed by atoms with van der Waals surface area (Å²) < 4.78 is 4.98. The van der Waals surface area contributed by atoms with Crippen molar-refractivity contribution < 1.29 is 38.6 Å². The van der Waals surface area contributed by atoms with Crippen molar-refractivity contribution in [1.29, 1.82) is 0 Å². The maximum atomic E-state index is 11.9. The number of aliphatic hydroxyl groups is 1. The van der Waals surface area contributed by atoms with Crippen LogP contribution in [0.25, 0.3) is 0 Å². The first kappa shape index (κ1) is 23.7. The lowest BCUT2D eigenvalue weighted by molar-refractivity contribution is -0.141. The van der Waals surface area contributed by atoms with E-state index in [0.29, 0.717) is 0 Å². The Hall–Kier alpha value is -3.32. The molecule has 6 amide bonds. The van der Waals surface area contributed by atoms with Crippen LogP contribution in [0.15, 0.2) is 12.2 Å². The Morgan fingerprint density at radius 1 is 1.14 bits per heavy atom. The van der Waals surface area contributed by atoms with Crippen LogP contribution in [0.4, 0.5) is 0 Å². The molecule has 0 aliphatic carbocycles. The third-order valence-corrected chi connectivity index (χ3v) is 3.63. The second kappa shape index (κ2) is 11.5. The van der Waals surface area contributed by atoms with E-state index in [1.807, 2.05) is 0 Å². The van der Waals surface area contributed by atoms with Crippen LogP contribution in [0.5, 0.6) is 0 Å². The second-order valence-electron chi connectivity index (χ2n) is 5.96. The Balaban J connectivity index is 2.20. The largest absolute Gasteiger partial charge is 0.383 e. The van der Waals surface area contributed by atoms with E-state index < -0.39 is 54.1 Å². The number of hydrogen-bond acceptors (Lipinski definition) is 8. The van der Waals surface area contributed by atoms with E-state index in [2.05, 4.69) is 16.0 Å². The van der Waals surface area contributed by atoms with Gasteiger partial charge in [-0.2, -0.15) is 0 Å². The van der Waals surface area contributed by atoms with Gasteiger partial charge in [-0.3, -0.25) is 33.7 Å². The maximum absolute atomic E-state index is 11.9. The molecule has 13 heteroatoms. The number of primary amides is 1. The lowest BCUT2D eigenvalue weighted by Gasteiger charge is -2.17. The topological polar surface area (TPSA) is 197 Å². The number of imide groups is 1. The van der Waals surface area contributed by atoms with Crippen molar-refractivity contribution in [3.05, 3.63) is 12.2 Å². The van der Waals surface area contributed by atoms with Gasteiger partial charge >= 0.3 is 0 Å². The van der Waals surface area contributed by atoms with Gasteiger partial charge in [0.05, 0.1) is 13.2 Å². The standard InChI is InChI=1S/C16H23N5O8/c1-9(20-12(24)7-21-13(25)2-3-14(21)26)16(28)18-6-11(23)19-8-29-5-4-10(22)15(17)27/h2-3,9-10,22H,4-8H2,1H3,(H2,17,27)(H,18,28)(H,19,23)(H,20,24). The Morgan fingerprint density at radius 3 is 2.34 bits per heavy atom. The van der Waals surface area contributed by atoms with Gasteiger partial charge < -0.3 is 31.5 Å². The second-order valence-corrected chi connectivity index (χ2v) is 5.96. The summed E-state index contributed by atoms with van der Waals surface area (Å²) in [7, 11) is 0. The molecule has 0 aromatic heterocycles. The quantitative estimate of drug-likeness (QED) is 0.121. The first-order valence-electron chi connectivity index (χ1n) is 8.54. The lowest BCUT2D eigenvalue weighted by atomic mass is 10.2. The SMILES string of the molecule is CC(NC(=O)CN1C(=O)C=CC1=O)C(=O)NCC(=O)NCOCCC(O)C(N)=O. The predicted molar refractivity (Wildman–Crippen MR) is 95.3 cm³/mol. The van der Waals surface area contributed by atoms with Gasteiger partial charge in [-0.05, 0) is 6.92 Å². The number of amides is 6. The number of ether oxygens (including phenoxy) is 1. The number of carbonyl (C=O) groups is 6. The number of carbonyl (C=O) groups excluding carboxylic acids is 6. The summed E-state index contributed by atoms with van der Waals surface area (Å²) in [6.07, 6.45) is 0.714. The summed E-state index contributed by atoms with van der Waals surface area (Å²) >= 11 is 0. The van der Waals surface area contributed by atoms with Gasteiger partial charge in [0.2, 0.25) is 23.6 Å². The van der Waals surface area contributed by atoms with E-state index in [1.54, 1.807) is 0 Å². The van der Waals surface area contributed by atoms with E-state index in [0.717, 1.165) is 17.1 Å². The summed E-state index contributed by atoms with van der Waals surface area (Å²) in [4.78, 5) is 69.4. The summed E-state index contributed by atoms with van der Waals surface area (Å²) in [6.45, 7) is 0.226.